The van der Waals surface area contributed by atoms with Gasteiger partial charge in [-0.2, -0.15) is 0 Å². The van der Waals surface area contributed by atoms with Crippen LogP contribution in [0.4, 0.5) is 5.82 Å². The molecule has 3 heterocycles. The van der Waals surface area contributed by atoms with Gasteiger partial charge in [0.05, 0.1) is 18.9 Å². The van der Waals surface area contributed by atoms with Crippen LogP contribution in [0, 0.1) is 0 Å². The molecule has 0 radical (unpaired) electrons. The highest BCUT2D eigenvalue weighted by Gasteiger charge is 2.19. The lowest BCUT2D eigenvalue weighted by Crippen LogP contribution is -2.16. The molecule has 0 saturated carbocycles. The van der Waals surface area contributed by atoms with Gasteiger partial charge < -0.3 is 10.1 Å². The van der Waals surface area contributed by atoms with E-state index in [1.807, 2.05) is 19.2 Å². The van der Waals surface area contributed by atoms with Crippen molar-refractivity contribution in [2.45, 2.75) is 13.0 Å². The summed E-state index contributed by atoms with van der Waals surface area (Å²) in [6.45, 7) is 1.27. The molecule has 2 aromatic rings. The molecule has 0 aliphatic carbocycles. The lowest BCUT2D eigenvalue weighted by Gasteiger charge is -2.19. The van der Waals surface area contributed by atoms with E-state index in [9.17, 15) is 0 Å². The summed E-state index contributed by atoms with van der Waals surface area (Å²) >= 11 is 3.49. The molecule has 0 aromatic carbocycles. The van der Waals surface area contributed by atoms with Crippen molar-refractivity contribution in [3.05, 3.63) is 34.1 Å². The average Bonchev–Trinajstić information content (AvgIpc) is 2.46. The van der Waals surface area contributed by atoms with Gasteiger partial charge in [0.25, 0.3) is 0 Å². The number of ether oxygens (including phenoxy) is 1. The second-order valence-corrected chi connectivity index (χ2v) is 5.06. The third-order valence-corrected chi connectivity index (χ3v) is 3.67. The minimum atomic E-state index is 0.565. The molecule has 1 aliphatic heterocycles. The predicted octanol–water partition coefficient (Wildman–Crippen LogP) is 2.42. The maximum atomic E-state index is 5.46. The second kappa shape index (κ2) is 5.22. The molecule has 0 fully saturated rings. The summed E-state index contributed by atoms with van der Waals surface area (Å²) in [5, 5.41) is 3.11. The van der Waals surface area contributed by atoms with E-state index < -0.39 is 0 Å². The number of hydrogen-bond donors (Lipinski definition) is 1. The summed E-state index contributed by atoms with van der Waals surface area (Å²) in [5.74, 6) is 1.45. The third-order valence-electron chi connectivity index (χ3n) is 3.03. The normalized spacial score (nSPS) is 14.0. The van der Waals surface area contributed by atoms with Crippen molar-refractivity contribution < 1.29 is 4.74 Å². The molecule has 19 heavy (non-hydrogen) atoms. The molecule has 0 spiro atoms. The zero-order chi connectivity index (χ0) is 13.2. The summed E-state index contributed by atoms with van der Waals surface area (Å²) in [7, 11) is 1.86. The number of anilines is 1. The molecule has 0 saturated heterocycles. The van der Waals surface area contributed by atoms with Crippen LogP contribution < -0.4 is 5.32 Å². The maximum absolute atomic E-state index is 5.46. The number of pyridine rings is 1. The summed E-state index contributed by atoms with van der Waals surface area (Å²) in [6, 6.07) is 3.81. The van der Waals surface area contributed by atoms with Crippen LogP contribution in [-0.4, -0.2) is 28.6 Å². The van der Waals surface area contributed by atoms with Gasteiger partial charge >= 0.3 is 0 Å². The largest absolute Gasteiger partial charge is 0.376 e. The predicted molar refractivity (Wildman–Crippen MR) is 75.9 cm³/mol. The zero-order valence-corrected chi connectivity index (χ0v) is 12.1. The molecule has 98 valence electrons. The van der Waals surface area contributed by atoms with Crippen molar-refractivity contribution >= 4 is 21.7 Å². The van der Waals surface area contributed by atoms with Crippen LogP contribution >= 0.6 is 15.9 Å². The maximum Gasteiger partial charge on any atom is 0.181 e. The SMILES string of the molecule is CNc1nc(-c2ncccc2Br)nc2c1COCC2. The Bertz CT molecular complexity index is 600. The van der Waals surface area contributed by atoms with E-state index in [1.54, 1.807) is 6.20 Å². The lowest BCUT2D eigenvalue weighted by atomic mass is 10.1. The van der Waals surface area contributed by atoms with E-state index in [4.69, 9.17) is 4.74 Å². The monoisotopic (exact) mass is 320 g/mol. The number of rotatable bonds is 2. The minimum absolute atomic E-state index is 0.565. The third kappa shape index (κ3) is 2.33. The number of aromatic nitrogens is 3. The van der Waals surface area contributed by atoms with Crippen molar-refractivity contribution in [3.63, 3.8) is 0 Å². The standard InChI is InChI=1S/C13H13BrN4O/c1-15-12-8-7-19-6-4-10(8)17-13(18-12)11-9(14)3-2-5-16-11/h2-3,5H,4,6-7H2,1H3,(H,15,17,18). The summed E-state index contributed by atoms with van der Waals surface area (Å²) in [4.78, 5) is 13.5. The van der Waals surface area contributed by atoms with Crippen molar-refractivity contribution in [2.75, 3.05) is 19.0 Å². The van der Waals surface area contributed by atoms with Gasteiger partial charge in [-0.1, -0.05) is 0 Å². The summed E-state index contributed by atoms with van der Waals surface area (Å²) in [6.07, 6.45) is 2.55. The molecule has 0 atom stereocenters. The first kappa shape index (κ1) is 12.5. The summed E-state index contributed by atoms with van der Waals surface area (Å²) in [5.41, 5.74) is 2.84. The Morgan fingerprint density at radius 2 is 2.26 bits per heavy atom. The van der Waals surface area contributed by atoms with Crippen LogP contribution in [-0.2, 0) is 17.8 Å². The molecule has 0 amide bonds. The molecule has 5 nitrogen and oxygen atoms in total. The number of fused-ring (bicyclic) bond motifs is 1. The number of nitrogens with one attached hydrogen (secondary N) is 1. The van der Waals surface area contributed by atoms with Gasteiger partial charge in [-0.3, -0.25) is 4.98 Å². The van der Waals surface area contributed by atoms with E-state index in [1.165, 1.54) is 0 Å². The lowest BCUT2D eigenvalue weighted by molar-refractivity contribution is 0.109. The van der Waals surface area contributed by atoms with E-state index in [0.29, 0.717) is 19.0 Å². The van der Waals surface area contributed by atoms with Gasteiger partial charge in [-0.15, -0.1) is 0 Å². The molecule has 0 unspecified atom stereocenters. The highest BCUT2D eigenvalue weighted by atomic mass is 79.9. The first-order valence-corrected chi connectivity index (χ1v) is 6.85. The van der Waals surface area contributed by atoms with E-state index in [0.717, 1.165) is 33.7 Å². The van der Waals surface area contributed by atoms with Crippen molar-refractivity contribution in [1.82, 2.24) is 15.0 Å². The zero-order valence-electron chi connectivity index (χ0n) is 10.5. The highest BCUT2D eigenvalue weighted by molar-refractivity contribution is 9.10. The van der Waals surface area contributed by atoms with Gasteiger partial charge in [-0.05, 0) is 28.1 Å². The molecule has 3 rings (SSSR count). The van der Waals surface area contributed by atoms with Gasteiger partial charge in [0.15, 0.2) is 5.82 Å². The van der Waals surface area contributed by atoms with Gasteiger partial charge in [0.2, 0.25) is 0 Å². The van der Waals surface area contributed by atoms with Gasteiger partial charge in [0.1, 0.15) is 11.5 Å². The van der Waals surface area contributed by atoms with Crippen LogP contribution in [0.25, 0.3) is 11.5 Å². The number of nitrogens with zero attached hydrogens (tertiary/aromatic N) is 3. The smallest absolute Gasteiger partial charge is 0.181 e. The quantitative estimate of drug-likeness (QED) is 0.920. The minimum Gasteiger partial charge on any atom is -0.376 e. The Balaban J connectivity index is 2.15. The van der Waals surface area contributed by atoms with Crippen molar-refractivity contribution in [1.29, 1.82) is 0 Å². The highest BCUT2D eigenvalue weighted by Crippen LogP contribution is 2.28. The Morgan fingerprint density at radius 1 is 1.37 bits per heavy atom. The molecular weight excluding hydrogens is 308 g/mol. The van der Waals surface area contributed by atoms with Crippen molar-refractivity contribution in [3.8, 4) is 11.5 Å². The van der Waals surface area contributed by atoms with Crippen LogP contribution in [0.15, 0.2) is 22.8 Å². The number of hydrogen-bond acceptors (Lipinski definition) is 5. The molecule has 6 heteroatoms. The Hall–Kier alpha value is -1.53. The molecule has 1 aliphatic rings. The first-order valence-electron chi connectivity index (χ1n) is 6.06. The Labute approximate surface area is 119 Å². The topological polar surface area (TPSA) is 59.9 Å². The Morgan fingerprint density at radius 3 is 3.05 bits per heavy atom. The van der Waals surface area contributed by atoms with Crippen LogP contribution in [0.1, 0.15) is 11.3 Å². The van der Waals surface area contributed by atoms with Crippen LogP contribution in [0.3, 0.4) is 0 Å². The fraction of sp³-hybridized carbons (Fsp3) is 0.308. The van der Waals surface area contributed by atoms with E-state index in [-0.39, 0.29) is 0 Å². The van der Waals surface area contributed by atoms with E-state index >= 15 is 0 Å². The second-order valence-electron chi connectivity index (χ2n) is 4.21. The average molecular weight is 321 g/mol. The molecule has 1 N–H and O–H groups in total. The molecular formula is C13H13BrN4O. The van der Waals surface area contributed by atoms with E-state index in [2.05, 4.69) is 36.2 Å². The summed E-state index contributed by atoms with van der Waals surface area (Å²) < 4.78 is 6.36. The number of halogens is 1. The first-order chi connectivity index (χ1) is 9.29. The van der Waals surface area contributed by atoms with Crippen molar-refractivity contribution in [2.24, 2.45) is 0 Å². The van der Waals surface area contributed by atoms with Gasteiger partial charge in [0, 0.05) is 29.7 Å². The molecule has 2 aromatic heterocycles. The fourth-order valence-corrected chi connectivity index (χ4v) is 2.53. The Kier molecular flexibility index (Phi) is 3.44. The van der Waals surface area contributed by atoms with Gasteiger partial charge in [-0.25, -0.2) is 9.97 Å². The molecule has 0 bridgehead atoms. The van der Waals surface area contributed by atoms with Crippen LogP contribution in [0.5, 0.6) is 0 Å². The van der Waals surface area contributed by atoms with Crippen LogP contribution in [0.2, 0.25) is 0 Å². The fourth-order valence-electron chi connectivity index (χ4n) is 2.09.